The summed E-state index contributed by atoms with van der Waals surface area (Å²) in [7, 11) is 0. The van der Waals surface area contributed by atoms with E-state index in [1.807, 2.05) is 6.92 Å². The van der Waals surface area contributed by atoms with E-state index in [2.05, 4.69) is 29.1 Å². The molecule has 4 N–H and O–H groups in total. The topological polar surface area (TPSA) is 84.1 Å². The smallest absolute Gasteiger partial charge is 0.135 e. The predicted octanol–water partition coefficient (Wildman–Crippen LogP) is 1.75. The van der Waals surface area contributed by atoms with Crippen molar-refractivity contribution in [2.75, 3.05) is 11.1 Å². The molecule has 2 unspecified atom stereocenters. The molecule has 0 bridgehead atoms. The molecule has 0 saturated carbocycles. The Morgan fingerprint density at radius 1 is 1.29 bits per heavy atom. The molecule has 0 aromatic carbocycles. The average Bonchev–Trinajstić information content (AvgIpc) is 2.15. The maximum atomic E-state index is 9.34. The van der Waals surface area contributed by atoms with E-state index in [1.54, 1.807) is 6.92 Å². The van der Waals surface area contributed by atoms with Crippen LogP contribution in [0.2, 0.25) is 0 Å². The van der Waals surface area contributed by atoms with E-state index in [0.29, 0.717) is 12.2 Å². The van der Waals surface area contributed by atoms with Crippen LogP contribution in [0.15, 0.2) is 6.33 Å². The number of hydrogen-bond acceptors (Lipinski definition) is 5. The highest BCUT2D eigenvalue weighted by molar-refractivity contribution is 5.56. The van der Waals surface area contributed by atoms with Crippen molar-refractivity contribution in [3.8, 4) is 0 Å². The van der Waals surface area contributed by atoms with Crippen molar-refractivity contribution in [3.05, 3.63) is 11.9 Å². The first-order chi connectivity index (χ1) is 7.91. The zero-order valence-electron chi connectivity index (χ0n) is 10.9. The van der Waals surface area contributed by atoms with Gasteiger partial charge in [0.1, 0.15) is 18.0 Å². The van der Waals surface area contributed by atoms with E-state index in [0.717, 1.165) is 11.4 Å². The van der Waals surface area contributed by atoms with Crippen molar-refractivity contribution < 1.29 is 5.11 Å². The van der Waals surface area contributed by atoms with Gasteiger partial charge in [-0.25, -0.2) is 9.97 Å². The Bertz CT molecular complexity index is 366. The normalized spacial score (nSPS) is 14.7. The van der Waals surface area contributed by atoms with Crippen molar-refractivity contribution in [2.24, 2.45) is 0 Å². The van der Waals surface area contributed by atoms with Gasteiger partial charge in [-0.15, -0.1) is 0 Å². The molecule has 2 atom stereocenters. The molecule has 1 rings (SSSR count). The molecule has 0 spiro atoms. The Morgan fingerprint density at radius 3 is 2.47 bits per heavy atom. The lowest BCUT2D eigenvalue weighted by molar-refractivity contribution is 0.179. The first kappa shape index (κ1) is 13.7. The summed E-state index contributed by atoms with van der Waals surface area (Å²) in [6.45, 7) is 7.89. The van der Waals surface area contributed by atoms with Gasteiger partial charge in [0.15, 0.2) is 0 Å². The fraction of sp³-hybridized carbons (Fsp3) is 0.667. The number of hydrogen-bond donors (Lipinski definition) is 3. The van der Waals surface area contributed by atoms with Crippen LogP contribution in [0.1, 0.15) is 45.6 Å². The Kier molecular flexibility index (Phi) is 4.69. The second-order valence-corrected chi connectivity index (χ2v) is 4.81. The van der Waals surface area contributed by atoms with Crippen LogP contribution in [0.4, 0.5) is 11.6 Å². The summed E-state index contributed by atoms with van der Waals surface area (Å²) in [6.07, 6.45) is 1.79. The van der Waals surface area contributed by atoms with Gasteiger partial charge in [0.2, 0.25) is 0 Å². The second-order valence-electron chi connectivity index (χ2n) is 4.81. The van der Waals surface area contributed by atoms with Gasteiger partial charge >= 0.3 is 0 Å². The molecule has 0 aliphatic rings. The zero-order chi connectivity index (χ0) is 13.0. The van der Waals surface area contributed by atoms with Crippen molar-refractivity contribution in [1.29, 1.82) is 0 Å². The lowest BCUT2D eigenvalue weighted by Gasteiger charge is -2.20. The van der Waals surface area contributed by atoms with Crippen molar-refractivity contribution >= 4 is 11.6 Å². The van der Waals surface area contributed by atoms with Gasteiger partial charge in [-0.2, -0.15) is 0 Å². The van der Waals surface area contributed by atoms with Crippen LogP contribution in [-0.4, -0.2) is 27.2 Å². The molecule has 0 saturated heterocycles. The number of anilines is 2. The van der Waals surface area contributed by atoms with Crippen molar-refractivity contribution in [2.45, 2.75) is 52.2 Å². The Hall–Kier alpha value is -1.36. The van der Waals surface area contributed by atoms with Gasteiger partial charge in [-0.1, -0.05) is 13.8 Å². The first-order valence-electron chi connectivity index (χ1n) is 5.96. The highest BCUT2D eigenvalue weighted by atomic mass is 16.3. The van der Waals surface area contributed by atoms with E-state index in [4.69, 9.17) is 5.73 Å². The molecule has 0 radical (unpaired) electrons. The van der Waals surface area contributed by atoms with Crippen LogP contribution in [0, 0.1) is 0 Å². The van der Waals surface area contributed by atoms with Crippen LogP contribution >= 0.6 is 0 Å². The van der Waals surface area contributed by atoms with E-state index in [-0.39, 0.29) is 18.1 Å². The standard InChI is InChI=1S/C12H22N4O/c1-7(2)10-11(13)14-6-15-12(10)16-8(3)5-9(4)17/h6-9,17H,5H2,1-4H3,(H3,13,14,15,16). The SMILES string of the molecule is CC(O)CC(C)Nc1ncnc(N)c1C(C)C. The Labute approximate surface area is 102 Å². The summed E-state index contributed by atoms with van der Waals surface area (Å²) in [5.74, 6) is 1.54. The molecule has 1 heterocycles. The molecule has 5 nitrogen and oxygen atoms in total. The highest BCUT2D eigenvalue weighted by Crippen LogP contribution is 2.26. The fourth-order valence-electron chi connectivity index (χ4n) is 1.90. The molecule has 0 aliphatic carbocycles. The summed E-state index contributed by atoms with van der Waals surface area (Å²) in [6, 6.07) is 0.141. The quantitative estimate of drug-likeness (QED) is 0.728. The number of nitrogens with zero attached hydrogens (tertiary/aromatic N) is 2. The van der Waals surface area contributed by atoms with Gasteiger partial charge in [0.05, 0.1) is 6.10 Å². The fourth-order valence-corrected chi connectivity index (χ4v) is 1.90. The minimum Gasteiger partial charge on any atom is -0.393 e. The largest absolute Gasteiger partial charge is 0.393 e. The zero-order valence-corrected chi connectivity index (χ0v) is 10.9. The molecule has 0 aliphatic heterocycles. The van der Waals surface area contributed by atoms with Gasteiger partial charge in [-0.3, -0.25) is 0 Å². The maximum Gasteiger partial charge on any atom is 0.135 e. The molecule has 0 amide bonds. The van der Waals surface area contributed by atoms with E-state index in [9.17, 15) is 5.11 Å². The molecule has 1 aromatic rings. The van der Waals surface area contributed by atoms with E-state index in [1.165, 1.54) is 6.33 Å². The minimum absolute atomic E-state index is 0.141. The summed E-state index contributed by atoms with van der Waals surface area (Å²) in [5.41, 5.74) is 6.79. The first-order valence-corrected chi connectivity index (χ1v) is 5.96. The number of aliphatic hydroxyl groups is 1. The molecule has 96 valence electrons. The highest BCUT2D eigenvalue weighted by Gasteiger charge is 2.15. The lowest BCUT2D eigenvalue weighted by Crippen LogP contribution is -2.22. The van der Waals surface area contributed by atoms with Crippen LogP contribution < -0.4 is 11.1 Å². The number of nitrogen functional groups attached to an aromatic ring is 1. The summed E-state index contributed by atoms with van der Waals surface area (Å²) in [4.78, 5) is 8.23. The van der Waals surface area contributed by atoms with Crippen LogP contribution in [-0.2, 0) is 0 Å². The third-order valence-corrected chi connectivity index (χ3v) is 2.57. The molecule has 17 heavy (non-hydrogen) atoms. The Balaban J connectivity index is 2.87. The second kappa shape index (κ2) is 5.82. The number of nitrogens with one attached hydrogen (secondary N) is 1. The summed E-state index contributed by atoms with van der Waals surface area (Å²) in [5, 5.41) is 12.6. The van der Waals surface area contributed by atoms with Gasteiger partial charge in [0, 0.05) is 11.6 Å². The van der Waals surface area contributed by atoms with E-state index < -0.39 is 0 Å². The van der Waals surface area contributed by atoms with Gasteiger partial charge in [-0.05, 0) is 26.2 Å². The summed E-state index contributed by atoms with van der Waals surface area (Å²) < 4.78 is 0. The van der Waals surface area contributed by atoms with Crippen LogP contribution in [0.25, 0.3) is 0 Å². The number of rotatable bonds is 5. The molecular weight excluding hydrogens is 216 g/mol. The molecule has 0 fully saturated rings. The molecule has 5 heteroatoms. The minimum atomic E-state index is -0.334. The van der Waals surface area contributed by atoms with E-state index >= 15 is 0 Å². The van der Waals surface area contributed by atoms with Gasteiger partial charge < -0.3 is 16.2 Å². The average molecular weight is 238 g/mol. The number of nitrogens with two attached hydrogens (primary N) is 1. The number of aromatic nitrogens is 2. The van der Waals surface area contributed by atoms with Crippen LogP contribution in [0.5, 0.6) is 0 Å². The third-order valence-electron chi connectivity index (χ3n) is 2.57. The number of aliphatic hydroxyl groups excluding tert-OH is 1. The van der Waals surface area contributed by atoms with Crippen LogP contribution in [0.3, 0.4) is 0 Å². The monoisotopic (exact) mass is 238 g/mol. The lowest BCUT2D eigenvalue weighted by atomic mass is 10.0. The van der Waals surface area contributed by atoms with Crippen molar-refractivity contribution in [1.82, 2.24) is 9.97 Å². The Morgan fingerprint density at radius 2 is 1.94 bits per heavy atom. The van der Waals surface area contributed by atoms with Gasteiger partial charge in [0.25, 0.3) is 0 Å². The van der Waals surface area contributed by atoms with Crippen molar-refractivity contribution in [3.63, 3.8) is 0 Å². The molecule has 1 aromatic heterocycles. The summed E-state index contributed by atoms with van der Waals surface area (Å²) >= 11 is 0. The predicted molar refractivity (Wildman–Crippen MR) is 69.9 cm³/mol. The maximum absolute atomic E-state index is 9.34. The molecular formula is C12H22N4O. The third kappa shape index (κ3) is 3.85.